The Kier molecular flexibility index (Phi) is 3.25. The van der Waals surface area contributed by atoms with Gasteiger partial charge >= 0.3 is 0 Å². The Morgan fingerprint density at radius 3 is 2.92 bits per heavy atom. The van der Waals surface area contributed by atoms with Crippen LogP contribution >= 0.6 is 11.6 Å². The van der Waals surface area contributed by atoms with E-state index in [0.717, 1.165) is 0 Å². The molecule has 13 heavy (non-hydrogen) atoms. The summed E-state index contributed by atoms with van der Waals surface area (Å²) < 4.78 is 13.0. The van der Waals surface area contributed by atoms with Crippen LogP contribution in [0.5, 0.6) is 0 Å². The lowest BCUT2D eigenvalue weighted by atomic mass is 10.2. The van der Waals surface area contributed by atoms with Crippen LogP contribution in [-0.2, 0) is 0 Å². The zero-order valence-corrected chi connectivity index (χ0v) is 7.98. The van der Waals surface area contributed by atoms with Crippen molar-refractivity contribution in [3.63, 3.8) is 0 Å². The first kappa shape index (κ1) is 9.99. The van der Waals surface area contributed by atoms with Gasteiger partial charge in [0.15, 0.2) is 0 Å². The molecule has 1 aromatic carbocycles. The molecule has 0 bridgehead atoms. The van der Waals surface area contributed by atoms with Crippen LogP contribution in [0.2, 0.25) is 0 Å². The number of aliphatic imine (C=N–C) groups is 1. The van der Waals surface area contributed by atoms with Crippen LogP contribution < -0.4 is 5.73 Å². The highest BCUT2D eigenvalue weighted by molar-refractivity contribution is 6.28. The fourth-order valence-electron chi connectivity index (χ4n) is 0.902. The average Bonchev–Trinajstić information content (AvgIpc) is 2.13. The normalized spacial score (nSPS) is 11.8. The molecule has 0 amide bonds. The third-order valence-corrected chi connectivity index (χ3v) is 1.91. The van der Waals surface area contributed by atoms with Gasteiger partial charge in [0, 0.05) is 5.56 Å². The van der Waals surface area contributed by atoms with E-state index < -0.39 is 0 Å². The Morgan fingerprint density at radius 2 is 2.31 bits per heavy atom. The second kappa shape index (κ2) is 4.23. The fourth-order valence-corrected chi connectivity index (χ4v) is 0.962. The Hall–Kier alpha value is -1.09. The predicted molar refractivity (Wildman–Crippen MR) is 53.1 cm³/mol. The van der Waals surface area contributed by atoms with Gasteiger partial charge in [-0.2, -0.15) is 0 Å². The lowest BCUT2D eigenvalue weighted by molar-refractivity contribution is 0.619. The van der Waals surface area contributed by atoms with Crippen LogP contribution in [-0.4, -0.2) is 11.7 Å². The topological polar surface area (TPSA) is 38.4 Å². The van der Waals surface area contributed by atoms with Gasteiger partial charge in [0.25, 0.3) is 0 Å². The standard InChI is InChI=1S/C9H10ClFN2/c1-6-7(11)3-2-4-8(6)13-9(12)5-10/h2-4H,5H2,1H3,(H2,12,13). The van der Waals surface area contributed by atoms with E-state index in [1.807, 2.05) is 0 Å². The summed E-state index contributed by atoms with van der Waals surface area (Å²) in [4.78, 5) is 3.96. The molecule has 2 N–H and O–H groups in total. The van der Waals surface area contributed by atoms with Crippen LogP contribution in [0.1, 0.15) is 5.56 Å². The Labute approximate surface area is 81.2 Å². The first-order chi connectivity index (χ1) is 6.15. The van der Waals surface area contributed by atoms with E-state index >= 15 is 0 Å². The highest BCUT2D eigenvalue weighted by atomic mass is 35.5. The monoisotopic (exact) mass is 200 g/mol. The molecule has 0 aliphatic rings. The largest absolute Gasteiger partial charge is 0.386 e. The molecule has 0 saturated carbocycles. The summed E-state index contributed by atoms with van der Waals surface area (Å²) in [5.74, 6) is 0.148. The summed E-state index contributed by atoms with van der Waals surface area (Å²) >= 11 is 5.44. The molecule has 0 unspecified atom stereocenters. The first-order valence-electron chi connectivity index (χ1n) is 3.79. The minimum Gasteiger partial charge on any atom is -0.386 e. The van der Waals surface area contributed by atoms with Crippen LogP contribution in [0.25, 0.3) is 0 Å². The minimum atomic E-state index is -0.288. The quantitative estimate of drug-likeness (QED) is 0.444. The SMILES string of the molecule is Cc1c(F)cccc1N=C(N)CCl. The third kappa shape index (κ3) is 2.42. The van der Waals surface area contributed by atoms with Crippen molar-refractivity contribution in [2.24, 2.45) is 10.7 Å². The second-order valence-corrected chi connectivity index (χ2v) is 2.89. The zero-order valence-electron chi connectivity index (χ0n) is 7.22. The van der Waals surface area contributed by atoms with E-state index in [0.29, 0.717) is 11.3 Å². The molecule has 0 aliphatic heterocycles. The maximum Gasteiger partial charge on any atom is 0.128 e. The van der Waals surface area contributed by atoms with Crippen molar-refractivity contribution in [1.82, 2.24) is 0 Å². The summed E-state index contributed by atoms with van der Waals surface area (Å²) in [7, 11) is 0. The molecule has 0 aliphatic carbocycles. The molecule has 0 fully saturated rings. The number of nitrogens with zero attached hydrogens (tertiary/aromatic N) is 1. The maximum absolute atomic E-state index is 13.0. The summed E-state index contributed by atoms with van der Waals surface area (Å²) in [6, 6.07) is 4.66. The van der Waals surface area contributed by atoms with E-state index in [1.165, 1.54) is 6.07 Å². The highest BCUT2D eigenvalue weighted by Gasteiger charge is 2.01. The van der Waals surface area contributed by atoms with Crippen molar-refractivity contribution in [3.8, 4) is 0 Å². The molecular formula is C9H10ClFN2. The number of rotatable bonds is 2. The fraction of sp³-hybridized carbons (Fsp3) is 0.222. The summed E-state index contributed by atoms with van der Waals surface area (Å²) in [6.45, 7) is 1.65. The van der Waals surface area contributed by atoms with E-state index in [1.54, 1.807) is 19.1 Å². The molecule has 2 nitrogen and oxygen atoms in total. The number of nitrogens with two attached hydrogens (primary N) is 1. The van der Waals surface area contributed by atoms with Gasteiger partial charge in [-0.05, 0) is 19.1 Å². The van der Waals surface area contributed by atoms with E-state index in [-0.39, 0.29) is 17.5 Å². The van der Waals surface area contributed by atoms with Crippen molar-refractivity contribution in [3.05, 3.63) is 29.6 Å². The van der Waals surface area contributed by atoms with Crippen molar-refractivity contribution in [2.45, 2.75) is 6.92 Å². The number of hydrogen-bond acceptors (Lipinski definition) is 1. The molecular weight excluding hydrogens is 191 g/mol. The van der Waals surface area contributed by atoms with Gasteiger partial charge in [-0.3, -0.25) is 0 Å². The van der Waals surface area contributed by atoms with Crippen molar-refractivity contribution < 1.29 is 4.39 Å². The van der Waals surface area contributed by atoms with Crippen LogP contribution in [0.15, 0.2) is 23.2 Å². The molecule has 0 radical (unpaired) electrons. The van der Waals surface area contributed by atoms with Crippen LogP contribution in [0, 0.1) is 12.7 Å². The molecule has 0 saturated heterocycles. The summed E-state index contributed by atoms with van der Waals surface area (Å²) in [5.41, 5.74) is 6.43. The van der Waals surface area contributed by atoms with Crippen LogP contribution in [0.4, 0.5) is 10.1 Å². The highest BCUT2D eigenvalue weighted by Crippen LogP contribution is 2.20. The second-order valence-electron chi connectivity index (χ2n) is 2.62. The first-order valence-corrected chi connectivity index (χ1v) is 4.32. The summed E-state index contributed by atoms with van der Waals surface area (Å²) in [6.07, 6.45) is 0. The number of amidine groups is 1. The van der Waals surface area contributed by atoms with Gasteiger partial charge in [0.2, 0.25) is 0 Å². The van der Waals surface area contributed by atoms with Crippen LogP contribution in [0.3, 0.4) is 0 Å². The van der Waals surface area contributed by atoms with E-state index in [2.05, 4.69) is 4.99 Å². The maximum atomic E-state index is 13.0. The summed E-state index contributed by atoms with van der Waals surface area (Å²) in [5, 5.41) is 0. The smallest absolute Gasteiger partial charge is 0.128 e. The molecule has 1 rings (SSSR count). The van der Waals surface area contributed by atoms with Gasteiger partial charge in [-0.15, -0.1) is 11.6 Å². The zero-order chi connectivity index (χ0) is 9.84. The molecule has 0 aromatic heterocycles. The minimum absolute atomic E-state index is 0.149. The number of benzene rings is 1. The number of alkyl halides is 1. The van der Waals surface area contributed by atoms with Gasteiger partial charge in [0.1, 0.15) is 11.7 Å². The lowest BCUT2D eigenvalue weighted by Crippen LogP contribution is -2.12. The molecule has 1 aromatic rings. The average molecular weight is 201 g/mol. The van der Waals surface area contributed by atoms with E-state index in [4.69, 9.17) is 17.3 Å². The number of hydrogen-bond donors (Lipinski definition) is 1. The third-order valence-electron chi connectivity index (χ3n) is 1.64. The molecule has 0 spiro atoms. The van der Waals surface area contributed by atoms with Gasteiger partial charge in [-0.25, -0.2) is 9.38 Å². The van der Waals surface area contributed by atoms with Gasteiger partial charge in [-0.1, -0.05) is 6.07 Å². The predicted octanol–water partition coefficient (Wildman–Crippen LogP) is 2.36. The molecule has 70 valence electrons. The van der Waals surface area contributed by atoms with Gasteiger partial charge < -0.3 is 5.73 Å². The lowest BCUT2D eigenvalue weighted by Gasteiger charge is -2.01. The van der Waals surface area contributed by atoms with E-state index in [9.17, 15) is 4.39 Å². The van der Waals surface area contributed by atoms with Crippen molar-refractivity contribution in [1.29, 1.82) is 0 Å². The number of halogens is 2. The molecule has 0 atom stereocenters. The molecule has 4 heteroatoms. The van der Waals surface area contributed by atoms with Crippen molar-refractivity contribution >= 4 is 23.1 Å². The Balaban J connectivity index is 3.09. The Bertz CT molecular complexity index is 336. The molecule has 0 heterocycles. The Morgan fingerprint density at radius 1 is 1.62 bits per heavy atom. The van der Waals surface area contributed by atoms with Gasteiger partial charge in [0.05, 0.1) is 11.6 Å². The van der Waals surface area contributed by atoms with Crippen molar-refractivity contribution in [2.75, 3.05) is 5.88 Å².